The lowest BCUT2D eigenvalue weighted by Crippen LogP contribution is -2.41. The van der Waals surface area contributed by atoms with Crippen molar-refractivity contribution in [1.29, 1.82) is 0 Å². The largest absolute Gasteiger partial charge is 0.490 e. The Kier molecular flexibility index (Phi) is 10.3. The van der Waals surface area contributed by atoms with E-state index in [2.05, 4.69) is 4.74 Å². The lowest BCUT2D eigenvalue weighted by molar-refractivity contribution is -0.0499. The zero-order valence-electron chi connectivity index (χ0n) is 24.0. The molecule has 0 fully saturated rings. The first kappa shape index (κ1) is 30.0. The number of benzene rings is 3. The van der Waals surface area contributed by atoms with Crippen LogP contribution in [0.15, 0.2) is 54.6 Å². The molecule has 1 atom stereocenters. The summed E-state index contributed by atoms with van der Waals surface area (Å²) in [5, 5.41) is 0. The Bertz CT molecular complexity index is 1330. The van der Waals surface area contributed by atoms with Gasteiger partial charge in [-0.25, -0.2) is 0 Å². The van der Waals surface area contributed by atoms with Crippen LogP contribution in [0.3, 0.4) is 0 Å². The van der Waals surface area contributed by atoms with E-state index in [-0.39, 0.29) is 23.3 Å². The summed E-state index contributed by atoms with van der Waals surface area (Å²) in [7, 11) is 0. The average molecular weight is 570 g/mol. The number of ether oxygens (including phenoxy) is 5. The van der Waals surface area contributed by atoms with Crippen LogP contribution in [0.5, 0.6) is 28.7 Å². The summed E-state index contributed by atoms with van der Waals surface area (Å²) < 4.78 is 53.7. The van der Waals surface area contributed by atoms with Gasteiger partial charge in [-0.1, -0.05) is 12.1 Å². The number of nitrogens with zero attached hydrogens (tertiary/aromatic N) is 1. The maximum Gasteiger partial charge on any atom is 0.387 e. The van der Waals surface area contributed by atoms with Crippen molar-refractivity contribution in [1.82, 2.24) is 4.90 Å². The van der Waals surface area contributed by atoms with Crippen LogP contribution < -0.4 is 23.7 Å². The number of hydrogen-bond donors (Lipinski definition) is 0. The Hall–Kier alpha value is -4.01. The van der Waals surface area contributed by atoms with Crippen molar-refractivity contribution in [2.24, 2.45) is 0 Å². The van der Waals surface area contributed by atoms with Crippen molar-refractivity contribution in [3.63, 3.8) is 0 Å². The fraction of sp³-hybridized carbons (Fsp3) is 0.406. The Morgan fingerprint density at radius 3 is 2.12 bits per heavy atom. The van der Waals surface area contributed by atoms with E-state index in [1.807, 2.05) is 58.0 Å². The fourth-order valence-electron chi connectivity index (χ4n) is 5.13. The molecule has 220 valence electrons. The summed E-state index contributed by atoms with van der Waals surface area (Å²) in [5.41, 5.74) is 3.24. The highest BCUT2D eigenvalue weighted by Crippen LogP contribution is 2.41. The number of rotatable bonds is 13. The zero-order chi connectivity index (χ0) is 29.4. The van der Waals surface area contributed by atoms with Gasteiger partial charge in [0.2, 0.25) is 0 Å². The van der Waals surface area contributed by atoms with E-state index in [0.717, 1.165) is 16.7 Å². The number of carbonyl (C=O) groups excluding carboxylic acids is 1. The average Bonchev–Trinajstić information content (AvgIpc) is 2.95. The van der Waals surface area contributed by atoms with Crippen LogP contribution in [0.25, 0.3) is 0 Å². The van der Waals surface area contributed by atoms with Crippen molar-refractivity contribution >= 4 is 5.91 Å². The molecule has 1 aliphatic heterocycles. The summed E-state index contributed by atoms with van der Waals surface area (Å²) >= 11 is 0. The third-order valence-corrected chi connectivity index (χ3v) is 6.77. The van der Waals surface area contributed by atoms with Crippen LogP contribution in [0.4, 0.5) is 8.78 Å². The highest BCUT2D eigenvalue weighted by atomic mass is 19.3. The summed E-state index contributed by atoms with van der Waals surface area (Å²) in [4.78, 5) is 15.7. The second-order valence-electron chi connectivity index (χ2n) is 9.39. The number of alkyl halides is 2. The van der Waals surface area contributed by atoms with Gasteiger partial charge in [0.25, 0.3) is 5.91 Å². The molecule has 1 aliphatic rings. The highest BCUT2D eigenvalue weighted by Gasteiger charge is 2.33. The van der Waals surface area contributed by atoms with Crippen LogP contribution in [-0.4, -0.2) is 50.4 Å². The van der Waals surface area contributed by atoms with Crippen LogP contribution in [0.1, 0.15) is 60.8 Å². The van der Waals surface area contributed by atoms with Crippen LogP contribution >= 0.6 is 0 Å². The standard InChI is InChI=1S/C32H37F2NO6/c1-5-37-27-13-12-21(17-28(27)38-6-2)16-26-25-20-30(40-8-4)29(39-7-3)19-22(25)14-15-35(26)31(36)23-10-9-11-24(18-23)41-32(33)34/h9-13,17-20,26,32H,5-8,14-16H2,1-4H3/t26-/m0/s1. The SMILES string of the molecule is CCOc1ccc(C[C@H]2c3cc(OCC)c(OCC)cc3CCN2C(=O)c2cccc(OC(F)F)c2)cc1OCC. The molecule has 0 bridgehead atoms. The molecule has 0 unspecified atom stereocenters. The van der Waals surface area contributed by atoms with Crippen molar-refractivity contribution in [2.45, 2.75) is 53.2 Å². The van der Waals surface area contributed by atoms with Gasteiger partial charge in [-0.3, -0.25) is 4.79 Å². The molecule has 1 heterocycles. The molecule has 1 amide bonds. The fourth-order valence-corrected chi connectivity index (χ4v) is 5.13. The maximum atomic E-state index is 13.9. The van der Waals surface area contributed by atoms with Crippen LogP contribution in [0, 0.1) is 0 Å². The normalized spacial score (nSPS) is 14.4. The van der Waals surface area contributed by atoms with Crippen molar-refractivity contribution in [2.75, 3.05) is 33.0 Å². The van der Waals surface area contributed by atoms with Crippen LogP contribution in [-0.2, 0) is 12.8 Å². The molecule has 0 saturated carbocycles. The molecule has 3 aromatic rings. The molecule has 3 aromatic carbocycles. The zero-order valence-corrected chi connectivity index (χ0v) is 24.0. The summed E-state index contributed by atoms with van der Waals surface area (Å²) in [6.45, 7) is 7.06. The number of fused-ring (bicyclic) bond motifs is 1. The second kappa shape index (κ2) is 14.1. The quantitative estimate of drug-likeness (QED) is 0.224. The van der Waals surface area contributed by atoms with Crippen molar-refractivity contribution in [3.8, 4) is 28.7 Å². The molecule has 41 heavy (non-hydrogen) atoms. The van der Waals surface area contributed by atoms with Crippen LogP contribution in [0.2, 0.25) is 0 Å². The minimum absolute atomic E-state index is 0.0623. The molecule has 0 radical (unpaired) electrons. The summed E-state index contributed by atoms with van der Waals surface area (Å²) in [6.07, 6.45) is 1.09. The van der Waals surface area contributed by atoms with E-state index in [9.17, 15) is 13.6 Å². The predicted octanol–water partition coefficient (Wildman–Crippen LogP) is 6.87. The smallest absolute Gasteiger partial charge is 0.387 e. The van der Waals surface area contributed by atoms with Gasteiger partial charge in [0.05, 0.1) is 32.5 Å². The minimum atomic E-state index is -2.98. The predicted molar refractivity (Wildman–Crippen MR) is 152 cm³/mol. The molecule has 0 spiro atoms. The monoisotopic (exact) mass is 569 g/mol. The van der Waals surface area contributed by atoms with E-state index in [4.69, 9.17) is 18.9 Å². The van der Waals surface area contributed by atoms with Gasteiger partial charge in [0.1, 0.15) is 5.75 Å². The van der Waals surface area contributed by atoms with Gasteiger partial charge in [0, 0.05) is 12.1 Å². The Balaban J connectivity index is 1.77. The lowest BCUT2D eigenvalue weighted by atomic mass is 9.87. The topological polar surface area (TPSA) is 66.5 Å². The van der Waals surface area contributed by atoms with Gasteiger partial charge in [-0.2, -0.15) is 8.78 Å². The minimum Gasteiger partial charge on any atom is -0.490 e. The Morgan fingerprint density at radius 1 is 0.829 bits per heavy atom. The maximum absolute atomic E-state index is 13.9. The first-order valence-corrected chi connectivity index (χ1v) is 14.0. The third kappa shape index (κ3) is 7.20. The van der Waals surface area contributed by atoms with E-state index in [0.29, 0.717) is 68.8 Å². The third-order valence-electron chi connectivity index (χ3n) is 6.77. The second-order valence-corrected chi connectivity index (χ2v) is 9.39. The van der Waals surface area contributed by atoms with E-state index < -0.39 is 6.61 Å². The molecule has 0 aliphatic carbocycles. The van der Waals surface area contributed by atoms with E-state index in [1.54, 1.807) is 17.0 Å². The molecule has 7 nitrogen and oxygen atoms in total. The number of amides is 1. The lowest BCUT2D eigenvalue weighted by Gasteiger charge is -2.38. The van der Waals surface area contributed by atoms with Gasteiger partial charge >= 0.3 is 6.61 Å². The molecule has 4 rings (SSSR count). The van der Waals surface area contributed by atoms with Gasteiger partial charge < -0.3 is 28.6 Å². The summed E-state index contributed by atoms with van der Waals surface area (Å²) in [5.74, 6) is 2.24. The first-order valence-electron chi connectivity index (χ1n) is 14.0. The van der Waals surface area contributed by atoms with Gasteiger partial charge in [0.15, 0.2) is 23.0 Å². The first-order chi connectivity index (χ1) is 19.9. The van der Waals surface area contributed by atoms with Gasteiger partial charge in [-0.05, 0) is 99.7 Å². The number of carbonyl (C=O) groups is 1. The molecule has 0 aromatic heterocycles. The van der Waals surface area contributed by atoms with E-state index >= 15 is 0 Å². The van der Waals surface area contributed by atoms with Gasteiger partial charge in [-0.15, -0.1) is 0 Å². The van der Waals surface area contributed by atoms with Crippen molar-refractivity contribution in [3.05, 3.63) is 76.9 Å². The number of hydrogen-bond acceptors (Lipinski definition) is 6. The molecular weight excluding hydrogens is 532 g/mol. The molecule has 9 heteroatoms. The van der Waals surface area contributed by atoms with Crippen molar-refractivity contribution < 1.29 is 37.3 Å². The molecule has 0 N–H and O–H groups in total. The number of halogens is 2. The molecule has 0 saturated heterocycles. The van der Waals surface area contributed by atoms with E-state index in [1.165, 1.54) is 12.1 Å². The Morgan fingerprint density at radius 2 is 1.46 bits per heavy atom. The Labute approximate surface area is 239 Å². The highest BCUT2D eigenvalue weighted by molar-refractivity contribution is 5.95. The summed E-state index contributed by atoms with van der Waals surface area (Å²) in [6, 6.07) is 15.3. The molecular formula is C32H37F2NO6.